The molecular weight excluding hydrogens is 207 g/mol. The molecule has 1 rings (SSSR count). The van der Waals surface area contributed by atoms with Gasteiger partial charge in [-0.2, -0.15) is 13.2 Å². The van der Waals surface area contributed by atoms with E-state index in [9.17, 15) is 18.0 Å². The van der Waals surface area contributed by atoms with E-state index in [0.717, 1.165) is 12.1 Å². The topological polar surface area (TPSA) is 20.3 Å². The van der Waals surface area contributed by atoms with Crippen LogP contribution < -0.4 is 4.90 Å². The number of halogens is 3. The molecule has 0 atom stereocenters. The van der Waals surface area contributed by atoms with Gasteiger partial charge in [0.05, 0.1) is 5.56 Å². The van der Waals surface area contributed by atoms with Gasteiger partial charge in [0.15, 0.2) is 6.29 Å². The van der Waals surface area contributed by atoms with Crippen molar-refractivity contribution in [3.8, 4) is 0 Å². The number of hydrogen-bond acceptors (Lipinski definition) is 2. The Kier molecular flexibility index (Phi) is 3.02. The predicted molar refractivity (Wildman–Crippen MR) is 51.2 cm³/mol. The fraction of sp³-hybridized carbons (Fsp3) is 0.300. The average molecular weight is 217 g/mol. The Bertz CT molecular complexity index is 371. The summed E-state index contributed by atoms with van der Waals surface area (Å²) in [4.78, 5) is 12.2. The molecule has 0 amide bonds. The van der Waals surface area contributed by atoms with E-state index in [4.69, 9.17) is 0 Å². The highest BCUT2D eigenvalue weighted by Gasteiger charge is 2.31. The van der Waals surface area contributed by atoms with Gasteiger partial charge in [0.1, 0.15) is 0 Å². The van der Waals surface area contributed by atoms with E-state index >= 15 is 0 Å². The van der Waals surface area contributed by atoms with E-state index in [1.807, 2.05) is 0 Å². The van der Waals surface area contributed by atoms with E-state index in [2.05, 4.69) is 0 Å². The normalized spacial score (nSPS) is 11.3. The summed E-state index contributed by atoms with van der Waals surface area (Å²) in [6.45, 7) is 0. The molecule has 0 radical (unpaired) electrons. The second-order valence-corrected chi connectivity index (χ2v) is 3.28. The van der Waals surface area contributed by atoms with Crippen molar-refractivity contribution in [3.05, 3.63) is 29.3 Å². The van der Waals surface area contributed by atoms with Crippen LogP contribution in [0.3, 0.4) is 0 Å². The molecule has 0 aromatic heterocycles. The molecule has 0 saturated carbocycles. The van der Waals surface area contributed by atoms with Crippen molar-refractivity contribution in [1.82, 2.24) is 0 Å². The molecule has 0 aliphatic carbocycles. The smallest absolute Gasteiger partial charge is 0.377 e. The highest BCUT2D eigenvalue weighted by atomic mass is 19.4. The summed E-state index contributed by atoms with van der Waals surface area (Å²) < 4.78 is 36.9. The first-order valence-electron chi connectivity index (χ1n) is 4.20. The lowest BCUT2D eigenvalue weighted by Crippen LogP contribution is -2.13. The van der Waals surface area contributed by atoms with Crippen LogP contribution in [0.1, 0.15) is 15.9 Å². The van der Waals surface area contributed by atoms with Crippen molar-refractivity contribution in [2.45, 2.75) is 6.18 Å². The van der Waals surface area contributed by atoms with Gasteiger partial charge < -0.3 is 4.90 Å². The van der Waals surface area contributed by atoms with Crippen LogP contribution in [0.2, 0.25) is 0 Å². The zero-order chi connectivity index (χ0) is 11.6. The Labute approximate surface area is 85.3 Å². The molecule has 0 aliphatic heterocycles. The maximum Gasteiger partial charge on any atom is 0.416 e. The Hall–Kier alpha value is -1.52. The van der Waals surface area contributed by atoms with Crippen molar-refractivity contribution in [2.24, 2.45) is 0 Å². The quantitative estimate of drug-likeness (QED) is 0.709. The highest BCUT2D eigenvalue weighted by Crippen LogP contribution is 2.31. The molecule has 0 fully saturated rings. The largest absolute Gasteiger partial charge is 0.416 e. The summed E-state index contributed by atoms with van der Waals surface area (Å²) in [5, 5.41) is 0. The Morgan fingerprint density at radius 1 is 1.27 bits per heavy atom. The zero-order valence-electron chi connectivity index (χ0n) is 8.30. The van der Waals surface area contributed by atoms with E-state index in [0.29, 0.717) is 12.0 Å². The number of alkyl halides is 3. The second-order valence-electron chi connectivity index (χ2n) is 3.28. The fourth-order valence-electron chi connectivity index (χ4n) is 1.23. The van der Waals surface area contributed by atoms with Gasteiger partial charge in [0.25, 0.3) is 0 Å². The third-order valence-corrected chi connectivity index (χ3v) is 1.96. The molecule has 0 N–H and O–H groups in total. The number of carbonyl (C=O) groups is 1. The lowest BCUT2D eigenvalue weighted by molar-refractivity contribution is -0.137. The Morgan fingerprint density at radius 3 is 2.27 bits per heavy atom. The molecule has 0 bridgehead atoms. The van der Waals surface area contributed by atoms with Crippen molar-refractivity contribution >= 4 is 12.0 Å². The van der Waals surface area contributed by atoms with Crippen LogP contribution in [-0.4, -0.2) is 20.4 Å². The number of rotatable bonds is 2. The lowest BCUT2D eigenvalue weighted by atomic mass is 10.1. The van der Waals surface area contributed by atoms with Gasteiger partial charge in [0, 0.05) is 25.3 Å². The zero-order valence-corrected chi connectivity index (χ0v) is 8.30. The molecule has 82 valence electrons. The van der Waals surface area contributed by atoms with E-state index in [1.54, 1.807) is 19.0 Å². The third kappa shape index (κ3) is 2.49. The van der Waals surface area contributed by atoms with Crippen molar-refractivity contribution < 1.29 is 18.0 Å². The maximum atomic E-state index is 12.3. The molecule has 15 heavy (non-hydrogen) atoms. The summed E-state index contributed by atoms with van der Waals surface area (Å²) in [7, 11) is 3.32. The van der Waals surface area contributed by atoms with Crippen molar-refractivity contribution in [2.75, 3.05) is 19.0 Å². The minimum atomic E-state index is -4.41. The minimum Gasteiger partial charge on any atom is -0.377 e. The highest BCUT2D eigenvalue weighted by molar-refractivity contribution is 5.84. The number of anilines is 1. The Balaban J connectivity index is 3.25. The third-order valence-electron chi connectivity index (χ3n) is 1.96. The maximum absolute atomic E-state index is 12.3. The summed E-state index contributed by atoms with van der Waals surface area (Å²) in [5.74, 6) is 0. The van der Waals surface area contributed by atoms with Crippen LogP contribution in [0, 0.1) is 0 Å². The number of nitrogens with zero attached hydrogens (tertiary/aromatic N) is 1. The molecule has 1 aromatic rings. The summed E-state index contributed by atoms with van der Waals surface area (Å²) in [6, 6.07) is 3.09. The number of benzene rings is 1. The van der Waals surface area contributed by atoms with E-state index < -0.39 is 11.7 Å². The number of aldehydes is 1. The van der Waals surface area contributed by atoms with Gasteiger partial charge in [-0.3, -0.25) is 4.79 Å². The molecule has 0 unspecified atom stereocenters. The molecule has 0 saturated heterocycles. The van der Waals surface area contributed by atoms with Crippen LogP contribution in [-0.2, 0) is 6.18 Å². The lowest BCUT2D eigenvalue weighted by Gasteiger charge is -2.16. The van der Waals surface area contributed by atoms with Crippen molar-refractivity contribution in [3.63, 3.8) is 0 Å². The SMILES string of the molecule is CN(C)c1ccc(C(F)(F)F)cc1C=O. The standard InChI is InChI=1S/C10H10F3NO/c1-14(2)9-4-3-8(10(11,12)13)5-7(9)6-15/h3-6H,1-2H3. The molecular formula is C10H10F3NO. The van der Waals surface area contributed by atoms with Gasteiger partial charge in [-0.1, -0.05) is 0 Å². The molecule has 1 aromatic carbocycles. The van der Waals surface area contributed by atoms with E-state index in [-0.39, 0.29) is 5.56 Å². The fourth-order valence-corrected chi connectivity index (χ4v) is 1.23. The number of carbonyl (C=O) groups excluding carboxylic acids is 1. The molecule has 0 aliphatic rings. The first-order valence-corrected chi connectivity index (χ1v) is 4.20. The van der Waals surface area contributed by atoms with Gasteiger partial charge >= 0.3 is 6.18 Å². The second kappa shape index (κ2) is 3.92. The predicted octanol–water partition coefficient (Wildman–Crippen LogP) is 2.58. The first kappa shape index (κ1) is 11.6. The van der Waals surface area contributed by atoms with Crippen LogP contribution in [0.4, 0.5) is 18.9 Å². The van der Waals surface area contributed by atoms with Crippen LogP contribution in [0.5, 0.6) is 0 Å². The van der Waals surface area contributed by atoms with Crippen molar-refractivity contribution in [1.29, 1.82) is 0 Å². The van der Waals surface area contributed by atoms with Crippen LogP contribution in [0.25, 0.3) is 0 Å². The van der Waals surface area contributed by atoms with Gasteiger partial charge in [-0.25, -0.2) is 0 Å². The molecule has 0 spiro atoms. The molecule has 0 heterocycles. The van der Waals surface area contributed by atoms with Gasteiger partial charge in [-0.05, 0) is 18.2 Å². The van der Waals surface area contributed by atoms with Crippen LogP contribution >= 0.6 is 0 Å². The summed E-state index contributed by atoms with van der Waals surface area (Å²) >= 11 is 0. The van der Waals surface area contributed by atoms with E-state index in [1.165, 1.54) is 6.07 Å². The average Bonchev–Trinajstić information content (AvgIpc) is 2.15. The summed E-state index contributed by atoms with van der Waals surface area (Å²) in [5.41, 5.74) is -0.303. The molecule has 2 nitrogen and oxygen atoms in total. The molecule has 5 heteroatoms. The Morgan fingerprint density at radius 2 is 1.87 bits per heavy atom. The van der Waals surface area contributed by atoms with Gasteiger partial charge in [0.2, 0.25) is 0 Å². The minimum absolute atomic E-state index is 0.0369. The number of hydrogen-bond donors (Lipinski definition) is 0. The first-order chi connectivity index (χ1) is 6.86. The van der Waals surface area contributed by atoms with Crippen LogP contribution in [0.15, 0.2) is 18.2 Å². The summed E-state index contributed by atoms with van der Waals surface area (Å²) in [6.07, 6.45) is -3.99. The van der Waals surface area contributed by atoms with Gasteiger partial charge in [-0.15, -0.1) is 0 Å². The monoisotopic (exact) mass is 217 g/mol.